The number of hydrogen-bond acceptors (Lipinski definition) is 4. The fourth-order valence-corrected chi connectivity index (χ4v) is 7.63. The maximum atomic E-state index is 12.3. The average molecular weight is 851 g/mol. The van der Waals surface area contributed by atoms with Crippen LogP contribution in [0.4, 0.5) is 0 Å². The van der Waals surface area contributed by atoms with Crippen molar-refractivity contribution in [3.05, 3.63) is 72.9 Å². The quantitative estimate of drug-likeness (QED) is 0.0376. The van der Waals surface area contributed by atoms with Crippen molar-refractivity contribution in [3.63, 3.8) is 0 Å². The fourth-order valence-electron chi connectivity index (χ4n) is 7.63. The summed E-state index contributed by atoms with van der Waals surface area (Å²) in [5, 5.41) is 9.66. The van der Waals surface area contributed by atoms with Crippen molar-refractivity contribution in [1.29, 1.82) is 0 Å². The first-order valence-electron chi connectivity index (χ1n) is 26.5. The highest BCUT2D eigenvalue weighted by Crippen LogP contribution is 2.16. The fraction of sp³-hybridized carbons (Fsp3) is 0.772. The van der Waals surface area contributed by atoms with Gasteiger partial charge < -0.3 is 14.6 Å². The summed E-state index contributed by atoms with van der Waals surface area (Å²) in [6.45, 7) is 5.25. The lowest BCUT2D eigenvalue weighted by atomic mass is 10.0. The van der Waals surface area contributed by atoms with Crippen LogP contribution in [0.25, 0.3) is 0 Å². The minimum absolute atomic E-state index is 0.179. The van der Waals surface area contributed by atoms with E-state index in [-0.39, 0.29) is 12.6 Å². The number of unbranched alkanes of at least 4 members (excludes halogenated alkanes) is 29. The monoisotopic (exact) mass is 851 g/mol. The molecule has 0 aromatic carbocycles. The molecule has 4 heteroatoms. The van der Waals surface area contributed by atoms with Crippen LogP contribution >= 0.6 is 0 Å². The van der Waals surface area contributed by atoms with E-state index in [1.165, 1.54) is 167 Å². The third-order valence-corrected chi connectivity index (χ3v) is 11.5. The molecule has 0 heterocycles. The number of carbonyl (C=O) groups excluding carboxylic acids is 1. The van der Waals surface area contributed by atoms with Gasteiger partial charge in [-0.1, -0.05) is 260 Å². The van der Waals surface area contributed by atoms with Crippen molar-refractivity contribution in [2.75, 3.05) is 19.8 Å². The summed E-state index contributed by atoms with van der Waals surface area (Å²) >= 11 is 0. The first kappa shape index (κ1) is 58.8. The van der Waals surface area contributed by atoms with Crippen LogP contribution in [0.5, 0.6) is 0 Å². The summed E-state index contributed by atoms with van der Waals surface area (Å²) in [5.74, 6) is -0.213. The molecule has 0 spiro atoms. The number of allylic oxidation sites excluding steroid dienone is 12. The number of hydrogen-bond donors (Lipinski definition) is 1. The Kier molecular flexibility index (Phi) is 52.0. The molecule has 0 aliphatic rings. The number of rotatable bonds is 49. The SMILES string of the molecule is CC/C=C\C/C=C\C/C=C\C/C=C\C/C=C\C/C=C\CCCCCCCCC(=O)OC(CO)COCCCCCCCCCCCCCCCCCCCCCCCCCC. The maximum absolute atomic E-state index is 12.3. The van der Waals surface area contributed by atoms with Crippen molar-refractivity contribution in [2.24, 2.45) is 0 Å². The van der Waals surface area contributed by atoms with Crippen molar-refractivity contribution in [2.45, 2.75) is 264 Å². The third-order valence-electron chi connectivity index (χ3n) is 11.5. The molecular weight excluding hydrogens is 749 g/mol. The molecule has 1 atom stereocenters. The Morgan fingerprint density at radius 1 is 0.410 bits per heavy atom. The first-order valence-corrected chi connectivity index (χ1v) is 26.5. The second-order valence-electron chi connectivity index (χ2n) is 17.6. The van der Waals surface area contributed by atoms with E-state index in [0.29, 0.717) is 19.6 Å². The maximum Gasteiger partial charge on any atom is 0.306 e. The molecule has 354 valence electrons. The van der Waals surface area contributed by atoms with E-state index in [2.05, 4.69) is 86.8 Å². The second-order valence-corrected chi connectivity index (χ2v) is 17.6. The molecule has 61 heavy (non-hydrogen) atoms. The Bertz CT molecular complexity index is 1040. The Labute approximate surface area is 380 Å². The van der Waals surface area contributed by atoms with Gasteiger partial charge >= 0.3 is 5.97 Å². The largest absolute Gasteiger partial charge is 0.457 e. The molecule has 0 aliphatic heterocycles. The summed E-state index contributed by atoms with van der Waals surface area (Å²) in [4.78, 5) is 12.3. The standard InChI is InChI=1S/C57H102O4/c1-3-5-7-9-11-13-15-17-19-21-23-25-27-29-30-32-34-36-38-40-42-44-46-48-50-52-57(59)61-56(54-58)55-60-53-51-49-47-45-43-41-39-37-35-33-31-28-26-24-22-20-18-16-14-12-10-8-6-4-2/h5,7,11,13,17,19,23,25,29-30,34,36,56,58H,3-4,6,8-10,12,14-16,18,20-22,24,26-28,31-33,35,37-55H2,1-2H3/b7-5-,13-11-,19-17-,25-23-,30-29-,36-34-. The molecule has 0 aromatic heterocycles. The molecule has 0 aliphatic carbocycles. The lowest BCUT2D eigenvalue weighted by Crippen LogP contribution is -2.27. The van der Waals surface area contributed by atoms with Gasteiger partial charge in [-0.2, -0.15) is 0 Å². The van der Waals surface area contributed by atoms with Gasteiger partial charge in [0.1, 0.15) is 6.10 Å². The van der Waals surface area contributed by atoms with E-state index in [0.717, 1.165) is 70.6 Å². The minimum Gasteiger partial charge on any atom is -0.457 e. The Hall–Kier alpha value is -2.17. The highest BCUT2D eigenvalue weighted by molar-refractivity contribution is 5.69. The van der Waals surface area contributed by atoms with Gasteiger partial charge in [0.2, 0.25) is 0 Å². The van der Waals surface area contributed by atoms with Gasteiger partial charge in [-0.3, -0.25) is 4.79 Å². The lowest BCUT2D eigenvalue weighted by molar-refractivity contribution is -0.154. The molecule has 4 nitrogen and oxygen atoms in total. The van der Waals surface area contributed by atoms with Gasteiger partial charge in [0, 0.05) is 13.0 Å². The molecule has 0 fully saturated rings. The molecule has 0 rings (SSSR count). The number of aliphatic hydroxyl groups excluding tert-OH is 1. The average Bonchev–Trinajstić information content (AvgIpc) is 3.27. The molecular formula is C57H102O4. The number of esters is 1. The van der Waals surface area contributed by atoms with Crippen LogP contribution in [-0.4, -0.2) is 37.0 Å². The topological polar surface area (TPSA) is 55.8 Å². The van der Waals surface area contributed by atoms with E-state index in [1.54, 1.807) is 0 Å². The molecule has 0 aromatic rings. The summed E-state index contributed by atoms with van der Waals surface area (Å²) in [5.41, 5.74) is 0. The van der Waals surface area contributed by atoms with Crippen LogP contribution in [0, 0.1) is 0 Å². The Morgan fingerprint density at radius 2 is 0.738 bits per heavy atom. The van der Waals surface area contributed by atoms with Crippen LogP contribution in [0.2, 0.25) is 0 Å². The summed E-state index contributed by atoms with van der Waals surface area (Å²) in [6, 6.07) is 0. The Balaban J connectivity index is 3.44. The van der Waals surface area contributed by atoms with Gasteiger partial charge in [0.05, 0.1) is 13.2 Å². The zero-order valence-electron chi connectivity index (χ0n) is 40.7. The predicted octanol–water partition coefficient (Wildman–Crippen LogP) is 18.1. The van der Waals surface area contributed by atoms with Crippen LogP contribution in [0.3, 0.4) is 0 Å². The van der Waals surface area contributed by atoms with Gasteiger partial charge in [0.15, 0.2) is 0 Å². The van der Waals surface area contributed by atoms with E-state index in [4.69, 9.17) is 9.47 Å². The van der Waals surface area contributed by atoms with E-state index >= 15 is 0 Å². The zero-order chi connectivity index (χ0) is 44.0. The van der Waals surface area contributed by atoms with Crippen LogP contribution in [0.15, 0.2) is 72.9 Å². The number of carbonyl (C=O) groups is 1. The van der Waals surface area contributed by atoms with E-state index < -0.39 is 6.10 Å². The van der Waals surface area contributed by atoms with Gasteiger partial charge in [-0.25, -0.2) is 0 Å². The highest BCUT2D eigenvalue weighted by Gasteiger charge is 2.13. The summed E-state index contributed by atoms with van der Waals surface area (Å²) < 4.78 is 11.2. The summed E-state index contributed by atoms with van der Waals surface area (Å²) in [6.07, 6.45) is 74.3. The van der Waals surface area contributed by atoms with Gasteiger partial charge in [0.25, 0.3) is 0 Å². The first-order chi connectivity index (χ1) is 30.2. The highest BCUT2D eigenvalue weighted by atomic mass is 16.6. The van der Waals surface area contributed by atoms with Crippen LogP contribution in [0.1, 0.15) is 258 Å². The molecule has 0 saturated carbocycles. The molecule has 0 radical (unpaired) electrons. The third kappa shape index (κ3) is 52.1. The van der Waals surface area contributed by atoms with Crippen molar-refractivity contribution in [3.8, 4) is 0 Å². The minimum atomic E-state index is -0.545. The molecule has 1 unspecified atom stereocenters. The van der Waals surface area contributed by atoms with Crippen LogP contribution < -0.4 is 0 Å². The van der Waals surface area contributed by atoms with Crippen molar-refractivity contribution in [1.82, 2.24) is 0 Å². The van der Waals surface area contributed by atoms with Crippen molar-refractivity contribution < 1.29 is 19.4 Å². The molecule has 0 amide bonds. The zero-order valence-corrected chi connectivity index (χ0v) is 40.7. The van der Waals surface area contributed by atoms with Crippen LogP contribution in [-0.2, 0) is 14.3 Å². The Morgan fingerprint density at radius 3 is 1.11 bits per heavy atom. The van der Waals surface area contributed by atoms with Gasteiger partial charge in [-0.05, 0) is 64.2 Å². The normalized spacial score (nSPS) is 12.9. The number of aliphatic hydroxyl groups is 1. The second kappa shape index (κ2) is 54.0. The van der Waals surface area contributed by atoms with E-state index in [1.807, 2.05) is 0 Å². The molecule has 0 bridgehead atoms. The van der Waals surface area contributed by atoms with E-state index in [9.17, 15) is 9.90 Å². The summed E-state index contributed by atoms with van der Waals surface area (Å²) in [7, 11) is 0. The molecule has 0 saturated heterocycles. The smallest absolute Gasteiger partial charge is 0.306 e. The lowest BCUT2D eigenvalue weighted by Gasteiger charge is -2.16. The van der Waals surface area contributed by atoms with Gasteiger partial charge in [-0.15, -0.1) is 0 Å². The number of ether oxygens (including phenoxy) is 2. The van der Waals surface area contributed by atoms with Crippen molar-refractivity contribution >= 4 is 5.97 Å². The molecule has 1 N–H and O–H groups in total. The predicted molar refractivity (Wildman–Crippen MR) is 269 cm³/mol.